The molecule has 0 spiro atoms. The van der Waals surface area contributed by atoms with Crippen molar-refractivity contribution in [2.75, 3.05) is 31.4 Å². The second-order valence-electron chi connectivity index (χ2n) is 3.78. The quantitative estimate of drug-likeness (QED) is 0.378. The Bertz CT molecular complexity index is 314. The lowest BCUT2D eigenvalue weighted by Gasteiger charge is -2.17. The van der Waals surface area contributed by atoms with Gasteiger partial charge in [0.15, 0.2) is 5.75 Å². The average molecular weight is 298 g/mol. The van der Waals surface area contributed by atoms with E-state index in [2.05, 4.69) is 24.4 Å². The van der Waals surface area contributed by atoms with Crippen molar-refractivity contribution >= 4 is 16.8 Å². The van der Waals surface area contributed by atoms with Crippen molar-refractivity contribution in [2.24, 2.45) is 0 Å². The SMILES string of the molecule is C[S+](C)CC#CCN1CCCC1=O.[O-][Cl+3]([O-])([O-])[O-]. The number of amides is 1. The Labute approximate surface area is 112 Å². The third-order valence-corrected chi connectivity index (χ3v) is 2.65. The molecule has 0 bridgehead atoms. The van der Waals surface area contributed by atoms with Crippen molar-refractivity contribution < 1.29 is 33.7 Å². The van der Waals surface area contributed by atoms with Crippen LogP contribution in [0.5, 0.6) is 0 Å². The van der Waals surface area contributed by atoms with Gasteiger partial charge in [0.1, 0.15) is 0 Å². The van der Waals surface area contributed by atoms with Crippen LogP contribution in [0.1, 0.15) is 12.8 Å². The van der Waals surface area contributed by atoms with Crippen LogP contribution in [0.25, 0.3) is 0 Å². The summed E-state index contributed by atoms with van der Waals surface area (Å²) in [5.41, 5.74) is 0. The molecule has 0 saturated carbocycles. The molecular formula is C10H16ClNO5S. The molecule has 0 atom stereocenters. The molecule has 0 aromatic carbocycles. The smallest absolute Gasteiger partial charge is 0.223 e. The van der Waals surface area contributed by atoms with Crippen LogP contribution in [0.4, 0.5) is 0 Å². The maximum absolute atomic E-state index is 11.2. The van der Waals surface area contributed by atoms with E-state index in [9.17, 15) is 4.79 Å². The zero-order valence-electron chi connectivity index (χ0n) is 10.3. The molecule has 0 aromatic rings. The van der Waals surface area contributed by atoms with Crippen LogP contribution in [0.15, 0.2) is 0 Å². The van der Waals surface area contributed by atoms with Crippen LogP contribution in [0.3, 0.4) is 0 Å². The fourth-order valence-electron chi connectivity index (χ4n) is 1.22. The topological polar surface area (TPSA) is 113 Å². The minimum atomic E-state index is -4.94. The van der Waals surface area contributed by atoms with E-state index in [0.29, 0.717) is 23.9 Å². The Morgan fingerprint density at radius 2 is 1.83 bits per heavy atom. The fourth-order valence-corrected chi connectivity index (χ4v) is 1.61. The number of likely N-dealkylation sites (tertiary alicyclic amines) is 1. The normalized spacial score (nSPS) is 15.1. The molecule has 18 heavy (non-hydrogen) atoms. The highest BCUT2D eigenvalue weighted by molar-refractivity contribution is 7.95. The Balaban J connectivity index is 0.000000494. The molecule has 1 aliphatic heterocycles. The highest BCUT2D eigenvalue weighted by Gasteiger charge is 2.18. The van der Waals surface area contributed by atoms with E-state index in [4.69, 9.17) is 18.6 Å². The molecule has 1 fully saturated rings. The highest BCUT2D eigenvalue weighted by atomic mass is 35.7. The molecule has 0 aliphatic carbocycles. The molecule has 0 radical (unpaired) electrons. The first-order valence-electron chi connectivity index (χ1n) is 5.09. The van der Waals surface area contributed by atoms with Gasteiger partial charge < -0.3 is 4.90 Å². The molecule has 8 heteroatoms. The molecule has 6 nitrogen and oxygen atoms in total. The third-order valence-electron chi connectivity index (χ3n) is 1.93. The van der Waals surface area contributed by atoms with Gasteiger partial charge in [-0.15, -0.1) is 10.2 Å². The van der Waals surface area contributed by atoms with Crippen molar-refractivity contribution in [3.8, 4) is 11.8 Å². The van der Waals surface area contributed by atoms with Gasteiger partial charge in [-0.1, -0.05) is 5.92 Å². The summed E-state index contributed by atoms with van der Waals surface area (Å²) in [5, 5.41) is 0. The molecule has 0 unspecified atom stereocenters. The van der Waals surface area contributed by atoms with Crippen molar-refractivity contribution in [1.29, 1.82) is 0 Å². The third kappa shape index (κ3) is 12.0. The van der Waals surface area contributed by atoms with Crippen molar-refractivity contribution in [1.82, 2.24) is 4.90 Å². The lowest BCUT2D eigenvalue weighted by Crippen LogP contribution is -2.68. The first-order chi connectivity index (χ1) is 8.20. The van der Waals surface area contributed by atoms with Crippen LogP contribution in [-0.4, -0.2) is 42.2 Å². The maximum atomic E-state index is 11.2. The molecule has 1 saturated heterocycles. The van der Waals surface area contributed by atoms with Gasteiger partial charge in [0, 0.05) is 13.0 Å². The number of halogens is 1. The van der Waals surface area contributed by atoms with E-state index in [1.807, 2.05) is 4.90 Å². The van der Waals surface area contributed by atoms with E-state index >= 15 is 0 Å². The van der Waals surface area contributed by atoms with E-state index in [1.54, 1.807) is 0 Å². The Morgan fingerprint density at radius 3 is 2.22 bits per heavy atom. The van der Waals surface area contributed by atoms with E-state index < -0.39 is 10.2 Å². The van der Waals surface area contributed by atoms with Crippen LogP contribution < -0.4 is 18.6 Å². The zero-order valence-corrected chi connectivity index (χ0v) is 11.9. The van der Waals surface area contributed by atoms with Gasteiger partial charge >= 0.3 is 0 Å². The summed E-state index contributed by atoms with van der Waals surface area (Å²) in [6.45, 7) is 1.54. The number of rotatable bonds is 2. The largest absolute Gasteiger partial charge is 0.332 e. The summed E-state index contributed by atoms with van der Waals surface area (Å²) in [7, 11) is -4.55. The van der Waals surface area contributed by atoms with Crippen molar-refractivity contribution in [3.63, 3.8) is 0 Å². The van der Waals surface area contributed by atoms with Crippen molar-refractivity contribution in [2.45, 2.75) is 12.8 Å². The molecule has 104 valence electrons. The predicted octanol–water partition coefficient (Wildman–Crippen LogP) is -4.27. The van der Waals surface area contributed by atoms with Gasteiger partial charge in [0.05, 0.1) is 19.1 Å². The summed E-state index contributed by atoms with van der Waals surface area (Å²) in [4.78, 5) is 13.0. The summed E-state index contributed by atoms with van der Waals surface area (Å²) in [5.74, 6) is 7.38. The van der Waals surface area contributed by atoms with Crippen LogP contribution >= 0.6 is 0 Å². The van der Waals surface area contributed by atoms with E-state index in [-0.39, 0.29) is 5.91 Å². The second kappa shape index (κ2) is 8.58. The lowest BCUT2D eigenvalue weighted by molar-refractivity contribution is -2.00. The highest BCUT2D eigenvalue weighted by Crippen LogP contribution is 2.07. The summed E-state index contributed by atoms with van der Waals surface area (Å²) >= 11 is 0. The van der Waals surface area contributed by atoms with Gasteiger partial charge in [-0.25, -0.2) is 18.6 Å². The second-order valence-corrected chi connectivity index (χ2v) is 6.80. The molecule has 1 aliphatic rings. The van der Waals surface area contributed by atoms with Gasteiger partial charge in [-0.3, -0.25) is 4.79 Å². The Morgan fingerprint density at radius 1 is 1.28 bits per heavy atom. The summed E-state index contributed by atoms with van der Waals surface area (Å²) in [6.07, 6.45) is 6.07. The molecular weight excluding hydrogens is 282 g/mol. The summed E-state index contributed by atoms with van der Waals surface area (Å²) in [6, 6.07) is 0. The molecule has 1 rings (SSSR count). The zero-order chi connectivity index (χ0) is 14.2. The Kier molecular flexibility index (Phi) is 8.35. The fraction of sp³-hybridized carbons (Fsp3) is 0.700. The number of carbonyl (C=O) groups excluding carboxylic acids is 1. The van der Waals surface area contributed by atoms with E-state index in [1.165, 1.54) is 0 Å². The van der Waals surface area contributed by atoms with Gasteiger partial charge in [-0.2, -0.15) is 0 Å². The van der Waals surface area contributed by atoms with Gasteiger partial charge in [-0.05, 0) is 23.2 Å². The van der Waals surface area contributed by atoms with Crippen molar-refractivity contribution in [3.05, 3.63) is 0 Å². The van der Waals surface area contributed by atoms with E-state index in [0.717, 1.165) is 18.7 Å². The number of carbonyl (C=O) groups is 1. The molecule has 1 amide bonds. The monoisotopic (exact) mass is 297 g/mol. The number of nitrogens with zero attached hydrogens (tertiary/aromatic N) is 1. The first-order valence-corrected chi connectivity index (χ1v) is 8.54. The molecule has 0 aromatic heterocycles. The maximum Gasteiger partial charge on any atom is 0.223 e. The molecule has 1 heterocycles. The lowest BCUT2D eigenvalue weighted by atomic mass is 10.4. The molecule has 0 N–H and O–H groups in total. The van der Waals surface area contributed by atoms with Crippen LogP contribution in [0, 0.1) is 22.1 Å². The first kappa shape index (κ1) is 17.5. The van der Waals surface area contributed by atoms with Crippen LogP contribution in [-0.2, 0) is 15.7 Å². The Hall–Kier alpha value is -0.490. The summed E-state index contributed by atoms with van der Waals surface area (Å²) < 4.78 is 34.0. The average Bonchev–Trinajstić information content (AvgIpc) is 2.56. The minimum Gasteiger partial charge on any atom is -0.332 e. The van der Waals surface area contributed by atoms with Gasteiger partial charge in [0.25, 0.3) is 0 Å². The van der Waals surface area contributed by atoms with Crippen LogP contribution in [0.2, 0.25) is 0 Å². The minimum absolute atomic E-state index is 0.265. The predicted molar refractivity (Wildman–Crippen MR) is 57.7 cm³/mol. The van der Waals surface area contributed by atoms with Gasteiger partial charge in [0.2, 0.25) is 5.91 Å². The number of hydrogen-bond donors (Lipinski definition) is 0. The number of hydrogen-bond acceptors (Lipinski definition) is 5. The standard InChI is InChI=1S/C10H16NOS.ClHO4/c1-13(2)9-4-3-7-11-8-5-6-10(11)12;2-1(3,4)5/h5-9H2,1-2H3;(H,2,3,4,5)/q+1;/p-1.